The quantitative estimate of drug-likeness (QED) is 0.471. The normalized spacial score (nSPS) is 23.0. The summed E-state index contributed by atoms with van der Waals surface area (Å²) in [5.74, 6) is -0.970. The van der Waals surface area contributed by atoms with Crippen LogP contribution in [0, 0.1) is 23.1 Å². The molecule has 230 valence electrons. The molecule has 11 heteroatoms. The van der Waals surface area contributed by atoms with E-state index in [1.165, 1.54) is 15.3 Å². The molecule has 43 heavy (non-hydrogen) atoms. The van der Waals surface area contributed by atoms with Crippen molar-refractivity contribution in [2.24, 2.45) is 5.92 Å². The monoisotopic (exact) mass is 610 g/mol. The van der Waals surface area contributed by atoms with Crippen molar-refractivity contribution in [3.63, 3.8) is 0 Å². The lowest BCUT2D eigenvalue weighted by atomic mass is 9.97. The van der Waals surface area contributed by atoms with Gasteiger partial charge in [-0.2, -0.15) is 9.57 Å². The summed E-state index contributed by atoms with van der Waals surface area (Å²) in [5.41, 5.74) is 0.783. The van der Waals surface area contributed by atoms with E-state index in [4.69, 9.17) is 4.74 Å². The second kappa shape index (κ2) is 12.2. The summed E-state index contributed by atoms with van der Waals surface area (Å²) in [7, 11) is -3.56. The van der Waals surface area contributed by atoms with Crippen LogP contribution in [0.4, 0.5) is 9.18 Å². The molecule has 2 amide bonds. The van der Waals surface area contributed by atoms with Gasteiger partial charge >= 0.3 is 6.09 Å². The van der Waals surface area contributed by atoms with Crippen LogP contribution in [0.5, 0.6) is 0 Å². The number of nitriles is 1. The minimum atomic E-state index is -3.56. The molecule has 0 aromatic heterocycles. The van der Waals surface area contributed by atoms with Crippen molar-refractivity contribution in [2.75, 3.05) is 13.1 Å². The summed E-state index contributed by atoms with van der Waals surface area (Å²) >= 11 is 0. The maximum atomic E-state index is 15.2. The van der Waals surface area contributed by atoms with Gasteiger partial charge in [-0.15, -0.1) is 0 Å². The van der Waals surface area contributed by atoms with E-state index in [0.29, 0.717) is 24.2 Å². The second-order valence-corrected chi connectivity index (χ2v) is 14.7. The fourth-order valence-corrected chi connectivity index (χ4v) is 7.99. The molecular formula is C32H39FN4O5S. The van der Waals surface area contributed by atoms with Crippen LogP contribution in [0.3, 0.4) is 0 Å². The highest BCUT2D eigenvalue weighted by molar-refractivity contribution is 7.89. The van der Waals surface area contributed by atoms with E-state index in [-0.39, 0.29) is 28.8 Å². The average Bonchev–Trinajstić information content (AvgIpc) is 3.60. The molecule has 1 saturated carbocycles. The van der Waals surface area contributed by atoms with Crippen molar-refractivity contribution in [3.05, 3.63) is 53.8 Å². The fourth-order valence-electron chi connectivity index (χ4n) is 6.48. The van der Waals surface area contributed by atoms with Gasteiger partial charge < -0.3 is 10.1 Å². The molecule has 2 bridgehead atoms. The molecule has 2 aliphatic heterocycles. The Hall–Kier alpha value is -3.49. The molecule has 2 saturated heterocycles. The van der Waals surface area contributed by atoms with Crippen LogP contribution in [-0.4, -0.2) is 66.4 Å². The highest BCUT2D eigenvalue weighted by Gasteiger charge is 2.52. The molecule has 3 fully saturated rings. The maximum absolute atomic E-state index is 15.2. The Bertz CT molecular complexity index is 1510. The number of sulfonamides is 1. The number of carbonyl (C=O) groups is 2. The third-order valence-corrected chi connectivity index (χ3v) is 10.5. The number of rotatable bonds is 7. The number of hydrogen-bond donors (Lipinski definition) is 1. The Labute approximate surface area is 253 Å². The van der Waals surface area contributed by atoms with Gasteiger partial charge in [0, 0.05) is 25.6 Å². The standard InChI is InChI=1S/C32H39FN4O5S/c1-32(2,3)42-31(39)37-26-12-9-24(18-26)29(37)30(38)35-25(20-34)17-23-8-7-22(19-28(23)33)21-10-13-27(14-11-21)43(40,41)36-15-5-4-6-16-36/h7-8,10-11,13-14,19,24-26,29H,4-6,9,12,15-18H2,1-3H3,(H,35,38)/t24-,25-,26+,29-/m0/s1. The maximum Gasteiger partial charge on any atom is 0.411 e. The Kier molecular flexibility index (Phi) is 8.82. The number of nitrogens with one attached hydrogen (secondary N) is 1. The number of likely N-dealkylation sites (tertiary alicyclic amines) is 1. The van der Waals surface area contributed by atoms with Crippen molar-refractivity contribution in [1.82, 2.24) is 14.5 Å². The van der Waals surface area contributed by atoms with Crippen molar-refractivity contribution in [1.29, 1.82) is 5.26 Å². The molecule has 0 unspecified atom stereocenters. The molecule has 0 radical (unpaired) electrons. The van der Waals surface area contributed by atoms with Gasteiger partial charge in [-0.05, 0) is 93.7 Å². The zero-order valence-electron chi connectivity index (χ0n) is 24.9. The first kappa shape index (κ1) is 31.0. The van der Waals surface area contributed by atoms with Crippen LogP contribution in [0.25, 0.3) is 11.1 Å². The summed E-state index contributed by atoms with van der Waals surface area (Å²) in [5, 5.41) is 12.5. The van der Waals surface area contributed by atoms with Gasteiger partial charge in [0.15, 0.2) is 0 Å². The number of fused-ring (bicyclic) bond motifs is 2. The summed E-state index contributed by atoms with van der Waals surface area (Å²) < 4.78 is 48.2. The predicted molar refractivity (Wildman–Crippen MR) is 159 cm³/mol. The van der Waals surface area contributed by atoms with Crippen LogP contribution >= 0.6 is 0 Å². The summed E-state index contributed by atoms with van der Waals surface area (Å²) in [4.78, 5) is 28.0. The Morgan fingerprint density at radius 3 is 2.37 bits per heavy atom. The predicted octanol–water partition coefficient (Wildman–Crippen LogP) is 5.01. The largest absolute Gasteiger partial charge is 0.444 e. The Balaban J connectivity index is 1.25. The lowest BCUT2D eigenvalue weighted by molar-refractivity contribution is -0.128. The SMILES string of the molecule is CC(C)(C)OC(=O)N1[C@@H]2CC[C@@H](C2)[C@H]1C(=O)N[C@H](C#N)Cc1ccc(-c2ccc(S(=O)(=O)N3CCCCC3)cc2)cc1F. The van der Waals surface area contributed by atoms with Crippen LogP contribution in [-0.2, 0) is 26.0 Å². The Morgan fingerprint density at radius 1 is 1.07 bits per heavy atom. The van der Waals surface area contributed by atoms with E-state index in [1.54, 1.807) is 57.2 Å². The number of hydrogen-bond acceptors (Lipinski definition) is 6. The van der Waals surface area contributed by atoms with Crippen LogP contribution < -0.4 is 5.32 Å². The smallest absolute Gasteiger partial charge is 0.411 e. The molecule has 1 aliphatic carbocycles. The van der Waals surface area contributed by atoms with Crippen molar-refractivity contribution < 1.29 is 27.1 Å². The zero-order chi connectivity index (χ0) is 30.9. The van der Waals surface area contributed by atoms with Gasteiger partial charge in [0.2, 0.25) is 15.9 Å². The number of piperidine rings is 2. The van der Waals surface area contributed by atoms with Crippen molar-refractivity contribution in [2.45, 2.75) is 94.3 Å². The van der Waals surface area contributed by atoms with Gasteiger partial charge in [-0.1, -0.05) is 30.7 Å². The van der Waals surface area contributed by atoms with Gasteiger partial charge in [0.25, 0.3) is 0 Å². The molecule has 1 N–H and O–H groups in total. The first-order valence-corrected chi connectivity index (χ1v) is 16.4. The number of halogens is 1. The molecule has 2 aromatic carbocycles. The molecule has 2 heterocycles. The molecule has 0 spiro atoms. The second-order valence-electron chi connectivity index (χ2n) is 12.7. The van der Waals surface area contributed by atoms with Gasteiger partial charge in [-0.25, -0.2) is 17.6 Å². The molecule has 2 aromatic rings. The van der Waals surface area contributed by atoms with Gasteiger partial charge in [0.1, 0.15) is 23.5 Å². The number of carbonyl (C=O) groups excluding carboxylic acids is 2. The molecule has 4 atom stereocenters. The van der Waals surface area contributed by atoms with Crippen molar-refractivity contribution >= 4 is 22.0 Å². The first-order valence-electron chi connectivity index (χ1n) is 15.0. The molecule has 3 aliphatic rings. The Morgan fingerprint density at radius 2 is 1.74 bits per heavy atom. The third-order valence-electron chi connectivity index (χ3n) is 8.55. The number of nitrogens with zero attached hydrogens (tertiary/aromatic N) is 3. The molecule has 5 rings (SSSR count). The van der Waals surface area contributed by atoms with Crippen LogP contribution in [0.1, 0.15) is 64.9 Å². The molecule has 9 nitrogen and oxygen atoms in total. The summed E-state index contributed by atoms with van der Waals surface area (Å²) in [6.45, 7) is 6.36. The fraction of sp³-hybridized carbons (Fsp3) is 0.531. The highest BCUT2D eigenvalue weighted by Crippen LogP contribution is 2.43. The van der Waals surface area contributed by atoms with Crippen molar-refractivity contribution in [3.8, 4) is 17.2 Å². The van der Waals surface area contributed by atoms with E-state index < -0.39 is 45.5 Å². The van der Waals surface area contributed by atoms with E-state index in [0.717, 1.165) is 38.5 Å². The average molecular weight is 611 g/mol. The topological polar surface area (TPSA) is 120 Å². The lowest BCUT2D eigenvalue weighted by Crippen LogP contribution is -2.55. The van der Waals surface area contributed by atoms with E-state index in [1.807, 2.05) is 0 Å². The third kappa shape index (κ3) is 6.70. The lowest BCUT2D eigenvalue weighted by Gasteiger charge is -2.35. The van der Waals surface area contributed by atoms with Crippen LogP contribution in [0.15, 0.2) is 47.4 Å². The number of amides is 2. The minimum absolute atomic E-state index is 0.00545. The minimum Gasteiger partial charge on any atom is -0.444 e. The highest BCUT2D eigenvalue weighted by atomic mass is 32.2. The van der Waals surface area contributed by atoms with E-state index in [9.17, 15) is 23.3 Å². The van der Waals surface area contributed by atoms with E-state index >= 15 is 4.39 Å². The number of benzene rings is 2. The number of ether oxygens (including phenoxy) is 1. The van der Waals surface area contributed by atoms with Crippen LogP contribution in [0.2, 0.25) is 0 Å². The summed E-state index contributed by atoms with van der Waals surface area (Å²) in [6, 6.07) is 11.3. The molecular weight excluding hydrogens is 571 g/mol. The van der Waals surface area contributed by atoms with Gasteiger partial charge in [-0.3, -0.25) is 9.69 Å². The zero-order valence-corrected chi connectivity index (χ0v) is 25.7. The van der Waals surface area contributed by atoms with Gasteiger partial charge in [0.05, 0.1) is 11.0 Å². The van der Waals surface area contributed by atoms with E-state index in [2.05, 4.69) is 11.4 Å². The first-order chi connectivity index (χ1) is 20.4. The summed E-state index contributed by atoms with van der Waals surface area (Å²) in [6.07, 6.45) is 4.50.